The Labute approximate surface area is 176 Å². The van der Waals surface area contributed by atoms with Gasteiger partial charge in [0.15, 0.2) is 0 Å². The summed E-state index contributed by atoms with van der Waals surface area (Å²) in [6, 6.07) is 9.66. The van der Waals surface area contributed by atoms with Crippen molar-refractivity contribution in [3.8, 4) is 5.75 Å². The summed E-state index contributed by atoms with van der Waals surface area (Å²) < 4.78 is 37.4. The highest BCUT2D eigenvalue weighted by Crippen LogP contribution is 2.29. The van der Waals surface area contributed by atoms with Crippen LogP contribution in [0.1, 0.15) is 11.1 Å². The fraction of sp³-hybridized carbons (Fsp3) is 0.158. The number of aryl methyl sites for hydroxylation is 1. The van der Waals surface area contributed by atoms with E-state index in [0.717, 1.165) is 22.7 Å². The molecule has 0 amide bonds. The smallest absolute Gasteiger partial charge is 0.266 e. The first kappa shape index (κ1) is 20.0. The Hall–Kier alpha value is -3.31. The van der Waals surface area contributed by atoms with Gasteiger partial charge in [0.25, 0.3) is 15.6 Å². The number of aromatic nitrogens is 4. The third kappa shape index (κ3) is 3.64. The van der Waals surface area contributed by atoms with Crippen molar-refractivity contribution in [2.45, 2.75) is 18.4 Å². The minimum Gasteiger partial charge on any atom is -0.497 e. The molecule has 0 aliphatic rings. The molecule has 0 radical (unpaired) electrons. The number of anilines is 1. The maximum absolute atomic E-state index is 13.5. The zero-order valence-electron chi connectivity index (χ0n) is 16.1. The third-order valence-electron chi connectivity index (χ3n) is 4.63. The molecule has 0 fully saturated rings. The summed E-state index contributed by atoms with van der Waals surface area (Å²) in [6.07, 6.45) is 2.55. The van der Waals surface area contributed by atoms with Crippen LogP contribution in [0.3, 0.4) is 0 Å². The lowest BCUT2D eigenvalue weighted by molar-refractivity contribution is 0.414. The lowest BCUT2D eigenvalue weighted by Crippen LogP contribution is -2.31. The van der Waals surface area contributed by atoms with E-state index in [-0.39, 0.29) is 27.6 Å². The van der Waals surface area contributed by atoms with Crippen LogP contribution < -0.4 is 14.6 Å². The number of fused-ring (bicyclic) bond motifs is 1. The maximum atomic E-state index is 13.5. The SMILES string of the molecule is COc1ccc(CN(c2ncns2)S(=O)(=O)c2ccc3c(=O)[nH]cnc3c2)c(C)c1. The van der Waals surface area contributed by atoms with Gasteiger partial charge in [-0.2, -0.15) is 4.37 Å². The first-order valence-electron chi connectivity index (χ1n) is 8.80. The van der Waals surface area contributed by atoms with Crippen LogP contribution in [0.15, 0.2) is 58.7 Å². The molecule has 30 heavy (non-hydrogen) atoms. The summed E-state index contributed by atoms with van der Waals surface area (Å²) >= 11 is 0.982. The zero-order valence-corrected chi connectivity index (χ0v) is 17.7. The Morgan fingerprint density at radius 3 is 2.70 bits per heavy atom. The molecular weight excluding hydrogens is 426 g/mol. The van der Waals surface area contributed by atoms with Crippen LogP contribution in [0, 0.1) is 6.92 Å². The summed E-state index contributed by atoms with van der Waals surface area (Å²) in [5.74, 6) is 0.687. The van der Waals surface area contributed by atoms with Gasteiger partial charge < -0.3 is 9.72 Å². The Bertz CT molecular complexity index is 1370. The highest BCUT2D eigenvalue weighted by atomic mass is 32.2. The van der Waals surface area contributed by atoms with Crippen LogP contribution in [0.25, 0.3) is 10.9 Å². The highest BCUT2D eigenvalue weighted by Gasteiger charge is 2.28. The van der Waals surface area contributed by atoms with E-state index in [9.17, 15) is 13.2 Å². The quantitative estimate of drug-likeness (QED) is 0.486. The van der Waals surface area contributed by atoms with Crippen molar-refractivity contribution in [3.05, 3.63) is 70.5 Å². The van der Waals surface area contributed by atoms with Gasteiger partial charge >= 0.3 is 0 Å². The van der Waals surface area contributed by atoms with Crippen LogP contribution >= 0.6 is 11.5 Å². The summed E-state index contributed by atoms with van der Waals surface area (Å²) in [6.45, 7) is 1.95. The fourth-order valence-electron chi connectivity index (χ4n) is 3.00. The average Bonchev–Trinajstić information content (AvgIpc) is 3.27. The maximum Gasteiger partial charge on any atom is 0.266 e. The van der Waals surface area contributed by atoms with E-state index in [1.165, 1.54) is 35.2 Å². The topological polar surface area (TPSA) is 118 Å². The molecule has 0 saturated heterocycles. The van der Waals surface area contributed by atoms with Gasteiger partial charge in [0.2, 0.25) is 5.13 Å². The van der Waals surface area contributed by atoms with E-state index in [1.807, 2.05) is 19.1 Å². The minimum atomic E-state index is -4.00. The Morgan fingerprint density at radius 2 is 2.00 bits per heavy atom. The second-order valence-corrected chi connectivity index (χ2v) is 9.06. The van der Waals surface area contributed by atoms with Crippen LogP contribution in [-0.4, -0.2) is 34.9 Å². The van der Waals surface area contributed by atoms with Crippen molar-refractivity contribution in [3.63, 3.8) is 0 Å². The van der Waals surface area contributed by atoms with Gasteiger partial charge in [-0.15, -0.1) is 0 Å². The first-order valence-corrected chi connectivity index (χ1v) is 11.0. The van der Waals surface area contributed by atoms with Gasteiger partial charge in [0, 0.05) is 11.5 Å². The molecule has 9 nitrogen and oxygen atoms in total. The normalized spacial score (nSPS) is 11.5. The van der Waals surface area contributed by atoms with E-state index in [2.05, 4.69) is 19.3 Å². The molecule has 0 atom stereocenters. The molecular formula is C19H17N5O4S2. The van der Waals surface area contributed by atoms with Gasteiger partial charge in [-0.1, -0.05) is 6.07 Å². The number of hydrogen-bond donors (Lipinski definition) is 1. The van der Waals surface area contributed by atoms with Crippen molar-refractivity contribution < 1.29 is 13.2 Å². The van der Waals surface area contributed by atoms with Gasteiger partial charge in [0.05, 0.1) is 35.8 Å². The Balaban J connectivity index is 1.80. The molecule has 0 bridgehead atoms. The molecule has 11 heteroatoms. The predicted molar refractivity (Wildman–Crippen MR) is 113 cm³/mol. The molecule has 1 N–H and O–H groups in total. The number of benzene rings is 2. The van der Waals surface area contributed by atoms with E-state index in [1.54, 1.807) is 13.2 Å². The molecule has 4 aromatic rings. The van der Waals surface area contributed by atoms with Crippen LogP contribution in [0.5, 0.6) is 5.75 Å². The van der Waals surface area contributed by atoms with Crippen molar-refractivity contribution in [1.29, 1.82) is 0 Å². The van der Waals surface area contributed by atoms with Crippen molar-refractivity contribution in [1.82, 2.24) is 19.3 Å². The van der Waals surface area contributed by atoms with Gasteiger partial charge in [0.1, 0.15) is 12.1 Å². The summed E-state index contributed by atoms with van der Waals surface area (Å²) in [5.41, 5.74) is 1.63. The molecule has 2 aromatic carbocycles. The van der Waals surface area contributed by atoms with Gasteiger partial charge in [-0.25, -0.2) is 22.7 Å². The number of H-pyrrole nitrogens is 1. The number of rotatable bonds is 6. The average molecular weight is 444 g/mol. The molecule has 154 valence electrons. The molecule has 0 unspecified atom stereocenters. The first-order chi connectivity index (χ1) is 14.4. The number of hydrogen-bond acceptors (Lipinski definition) is 8. The Morgan fingerprint density at radius 1 is 1.17 bits per heavy atom. The van der Waals surface area contributed by atoms with Gasteiger partial charge in [-0.3, -0.25) is 4.79 Å². The van der Waals surface area contributed by atoms with Crippen LogP contribution in [0.4, 0.5) is 5.13 Å². The molecule has 0 aliphatic heterocycles. The fourth-order valence-corrected chi connectivity index (χ4v) is 5.15. The molecule has 0 aliphatic carbocycles. The van der Waals surface area contributed by atoms with E-state index in [4.69, 9.17) is 4.74 Å². The van der Waals surface area contributed by atoms with Crippen molar-refractivity contribution in [2.75, 3.05) is 11.4 Å². The van der Waals surface area contributed by atoms with E-state index >= 15 is 0 Å². The van der Waals surface area contributed by atoms with Gasteiger partial charge in [-0.05, 0) is 48.4 Å². The Kier molecular flexibility index (Phi) is 5.22. The number of aromatic amines is 1. The minimum absolute atomic E-state index is 0.00876. The lowest BCUT2D eigenvalue weighted by Gasteiger charge is -2.22. The largest absolute Gasteiger partial charge is 0.497 e. The van der Waals surface area contributed by atoms with Crippen molar-refractivity contribution >= 4 is 37.6 Å². The second-order valence-electron chi connectivity index (χ2n) is 6.44. The molecule has 0 spiro atoms. The van der Waals surface area contributed by atoms with E-state index in [0.29, 0.717) is 11.1 Å². The number of sulfonamides is 1. The number of nitrogens with one attached hydrogen (secondary N) is 1. The van der Waals surface area contributed by atoms with E-state index < -0.39 is 10.0 Å². The molecule has 2 heterocycles. The molecule has 4 rings (SSSR count). The summed E-state index contributed by atoms with van der Waals surface area (Å²) in [5, 5.41) is 0.550. The lowest BCUT2D eigenvalue weighted by atomic mass is 10.1. The van der Waals surface area contributed by atoms with Crippen LogP contribution in [0.2, 0.25) is 0 Å². The monoisotopic (exact) mass is 443 g/mol. The number of methoxy groups -OCH3 is 1. The number of nitrogens with zero attached hydrogens (tertiary/aromatic N) is 4. The zero-order chi connectivity index (χ0) is 21.3. The molecule has 0 saturated carbocycles. The summed E-state index contributed by atoms with van der Waals surface area (Å²) in [4.78, 5) is 22.6. The second kappa shape index (κ2) is 7.84. The van der Waals surface area contributed by atoms with Crippen LogP contribution in [-0.2, 0) is 16.6 Å². The predicted octanol–water partition coefficient (Wildman–Crippen LogP) is 2.49. The highest BCUT2D eigenvalue weighted by molar-refractivity contribution is 7.93. The van der Waals surface area contributed by atoms with Crippen molar-refractivity contribution in [2.24, 2.45) is 0 Å². The number of ether oxygens (including phenoxy) is 1. The third-order valence-corrected chi connectivity index (χ3v) is 7.16. The summed E-state index contributed by atoms with van der Waals surface area (Å²) in [7, 11) is -2.43. The molecule has 2 aromatic heterocycles. The standard InChI is InChI=1S/C19H17N5O4S2/c1-12-7-14(28-2)4-3-13(12)9-24(19-22-11-23-29-19)30(26,27)15-5-6-16-17(8-15)20-10-21-18(16)25/h3-8,10-11H,9H2,1-2H3,(H,20,21,25).